The number of thioether (sulfide) groups is 1. The Morgan fingerprint density at radius 1 is 0.688 bits per heavy atom. The lowest BCUT2D eigenvalue weighted by atomic mass is 9.87. The van der Waals surface area contributed by atoms with E-state index in [2.05, 4.69) is 39.1 Å². The molecule has 2 aromatic carbocycles. The Kier molecular flexibility index (Phi) is 14.8. The molecule has 0 saturated heterocycles. The predicted molar refractivity (Wildman–Crippen MR) is 245 cm³/mol. The number of rotatable bonds is 7. The topological polar surface area (TPSA) is 302 Å². The SMILES string of the molecule is CC1CCC(n2c(=O)c(C#N)cc3cnc(Nc4cccc(S(N)(=O)=O)c4)nc32)CC1.CSc1ncc2cc(C#N)c(=O)n(C3CCC(C)CC3)c2n1.Nc1cccc(S(N)(=O)=O)c1. The number of nitrogen functional groups attached to an aromatic ring is 1. The third-order valence-corrected chi connectivity index (χ3v) is 13.6. The molecule has 0 spiro atoms. The molecule has 4 aromatic heterocycles. The van der Waals surface area contributed by atoms with Crippen LogP contribution in [-0.4, -0.2) is 52.2 Å². The summed E-state index contributed by atoms with van der Waals surface area (Å²) in [6, 6.07) is 19.0. The monoisotopic (exact) mass is 924 g/mol. The zero-order chi connectivity index (χ0) is 46.3. The Morgan fingerprint density at radius 2 is 1.16 bits per heavy atom. The van der Waals surface area contributed by atoms with Gasteiger partial charge in [0, 0.05) is 46.6 Å². The number of fused-ring (bicyclic) bond motifs is 2. The Morgan fingerprint density at radius 3 is 1.61 bits per heavy atom. The van der Waals surface area contributed by atoms with Gasteiger partial charge in [0.25, 0.3) is 11.1 Å². The molecule has 2 aliphatic rings. The van der Waals surface area contributed by atoms with Gasteiger partial charge in [0.2, 0.25) is 26.0 Å². The fourth-order valence-electron chi connectivity index (χ4n) is 7.79. The van der Waals surface area contributed by atoms with E-state index in [-0.39, 0.29) is 50.1 Å². The fourth-order valence-corrected chi connectivity index (χ4v) is 9.26. The van der Waals surface area contributed by atoms with E-state index in [9.17, 15) is 36.9 Å². The smallest absolute Gasteiger partial charge is 0.270 e. The lowest BCUT2D eigenvalue weighted by Gasteiger charge is -2.28. The number of pyridine rings is 2. The summed E-state index contributed by atoms with van der Waals surface area (Å²) >= 11 is 1.45. The van der Waals surface area contributed by atoms with E-state index in [0.717, 1.165) is 56.8 Å². The van der Waals surface area contributed by atoms with Gasteiger partial charge in [-0.15, -0.1) is 0 Å². The fraction of sp³-hybridized carbons (Fsp3) is 0.349. The highest BCUT2D eigenvalue weighted by atomic mass is 32.2. The van der Waals surface area contributed by atoms with Gasteiger partial charge >= 0.3 is 0 Å². The number of hydrogen-bond acceptors (Lipinski definition) is 15. The highest BCUT2D eigenvalue weighted by Gasteiger charge is 2.26. The number of nitrogens with zero attached hydrogens (tertiary/aromatic N) is 8. The summed E-state index contributed by atoms with van der Waals surface area (Å²) < 4.78 is 48.0. The van der Waals surface area contributed by atoms with Crippen LogP contribution < -0.4 is 32.4 Å². The molecule has 2 aliphatic carbocycles. The van der Waals surface area contributed by atoms with Gasteiger partial charge in [-0.05, 0) is 118 Å². The molecule has 21 heteroatoms. The maximum atomic E-state index is 13.0. The molecule has 0 radical (unpaired) electrons. The number of benzene rings is 2. The first-order valence-electron chi connectivity index (χ1n) is 20.4. The maximum Gasteiger partial charge on any atom is 0.270 e. The lowest BCUT2D eigenvalue weighted by Crippen LogP contribution is -2.30. The largest absolute Gasteiger partial charge is 0.399 e. The van der Waals surface area contributed by atoms with Gasteiger partial charge in [0.05, 0.1) is 9.79 Å². The van der Waals surface area contributed by atoms with Crippen molar-refractivity contribution in [3.63, 3.8) is 0 Å². The Labute approximate surface area is 374 Å². The number of nitrogens with one attached hydrogen (secondary N) is 1. The summed E-state index contributed by atoms with van der Waals surface area (Å²) in [5.41, 5.74) is 6.93. The first-order valence-corrected chi connectivity index (χ1v) is 24.7. The molecule has 2 saturated carbocycles. The quantitative estimate of drug-likeness (QED) is 0.0828. The second-order valence-electron chi connectivity index (χ2n) is 15.9. The van der Waals surface area contributed by atoms with Crippen molar-refractivity contribution >= 4 is 71.2 Å². The van der Waals surface area contributed by atoms with E-state index in [1.807, 2.05) is 18.4 Å². The van der Waals surface area contributed by atoms with Crippen molar-refractivity contribution in [1.29, 1.82) is 10.5 Å². The molecule has 64 heavy (non-hydrogen) atoms. The highest BCUT2D eigenvalue weighted by molar-refractivity contribution is 7.98. The number of primary sulfonamides is 2. The number of anilines is 3. The van der Waals surface area contributed by atoms with Gasteiger partial charge in [0.15, 0.2) is 5.16 Å². The molecule has 6 aromatic rings. The van der Waals surface area contributed by atoms with E-state index in [1.54, 1.807) is 45.8 Å². The molecule has 7 N–H and O–H groups in total. The van der Waals surface area contributed by atoms with Crippen LogP contribution >= 0.6 is 11.8 Å². The van der Waals surface area contributed by atoms with Crippen LogP contribution in [0.1, 0.15) is 88.4 Å². The number of hydrogen-bond donors (Lipinski definition) is 4. The maximum absolute atomic E-state index is 13.0. The van der Waals surface area contributed by atoms with Crippen molar-refractivity contribution < 1.29 is 16.8 Å². The molecule has 0 amide bonds. The number of nitriles is 2. The van der Waals surface area contributed by atoms with Gasteiger partial charge < -0.3 is 11.1 Å². The van der Waals surface area contributed by atoms with Crippen LogP contribution in [0, 0.1) is 34.5 Å². The molecule has 18 nitrogen and oxygen atoms in total. The van der Waals surface area contributed by atoms with E-state index >= 15 is 0 Å². The van der Waals surface area contributed by atoms with Gasteiger partial charge in [-0.2, -0.15) is 15.5 Å². The zero-order valence-corrected chi connectivity index (χ0v) is 37.8. The molecule has 0 aliphatic heterocycles. The third kappa shape index (κ3) is 11.3. The Bertz CT molecular complexity index is 3130. The van der Waals surface area contributed by atoms with Crippen LogP contribution in [0.2, 0.25) is 0 Å². The van der Waals surface area contributed by atoms with Gasteiger partial charge in [-0.1, -0.05) is 37.7 Å². The van der Waals surface area contributed by atoms with E-state index < -0.39 is 20.0 Å². The first-order chi connectivity index (χ1) is 30.4. The minimum absolute atomic E-state index is 0.0343. The van der Waals surface area contributed by atoms with Crippen LogP contribution in [0.25, 0.3) is 22.1 Å². The molecular formula is C43H48N12O6S3. The summed E-state index contributed by atoms with van der Waals surface area (Å²) in [6.07, 6.45) is 13.0. The van der Waals surface area contributed by atoms with Crippen LogP contribution in [-0.2, 0) is 20.0 Å². The molecule has 8 rings (SSSR count). The average molecular weight is 925 g/mol. The number of aromatic nitrogens is 6. The second-order valence-corrected chi connectivity index (χ2v) is 19.8. The summed E-state index contributed by atoms with van der Waals surface area (Å²) in [5.74, 6) is 1.52. The molecule has 2 fully saturated rings. The average Bonchev–Trinajstić information content (AvgIpc) is 3.27. The Balaban J connectivity index is 0.000000178. The molecule has 0 bridgehead atoms. The molecule has 0 unspecified atom stereocenters. The summed E-state index contributed by atoms with van der Waals surface area (Å²) in [7, 11) is -7.45. The standard InChI is InChI=1S/C21H22N6O3S.C16H18N4OS.C6H8N2O2S/c1-13-5-7-17(8-6-13)27-19-15(9-14(11-22)20(27)28)12-24-21(26-19)25-16-3-2-4-18(10-16)31(23,29)30;1-10-3-5-13(6-4-10)20-14-12(7-11(8-17)15(20)21)9-18-16(19-14)22-2;7-5-2-1-3-6(4-5)11(8,9)10/h2-4,9-10,12-13,17H,5-8H2,1H3,(H2,23,29,30)(H,24,25,26);7,9-10,13H,3-6H2,1-2H3;1-4H,7H2,(H2,8,9,10). The number of sulfonamides is 2. The van der Waals surface area contributed by atoms with Crippen molar-refractivity contribution in [3.05, 3.63) is 105 Å². The minimum Gasteiger partial charge on any atom is -0.399 e. The molecule has 4 heterocycles. The molecular weight excluding hydrogens is 877 g/mol. The van der Waals surface area contributed by atoms with Crippen LogP contribution in [0.4, 0.5) is 17.3 Å². The van der Waals surface area contributed by atoms with Crippen molar-refractivity contribution in [2.24, 2.45) is 22.1 Å². The predicted octanol–water partition coefficient (Wildman–Crippen LogP) is 5.86. The van der Waals surface area contributed by atoms with Crippen molar-refractivity contribution in [2.75, 3.05) is 17.3 Å². The third-order valence-electron chi connectivity index (χ3n) is 11.3. The zero-order valence-electron chi connectivity index (χ0n) is 35.4. The van der Waals surface area contributed by atoms with E-state index in [1.165, 1.54) is 48.2 Å². The lowest BCUT2D eigenvalue weighted by molar-refractivity contribution is 0.289. The number of nitrogens with two attached hydrogens (primary N) is 3. The van der Waals surface area contributed by atoms with E-state index in [4.69, 9.17) is 16.0 Å². The minimum atomic E-state index is -3.85. The molecule has 334 valence electrons. The van der Waals surface area contributed by atoms with Gasteiger partial charge in [0.1, 0.15) is 34.6 Å². The summed E-state index contributed by atoms with van der Waals surface area (Å²) in [5, 5.41) is 33.7. The first kappa shape index (κ1) is 47.3. The summed E-state index contributed by atoms with van der Waals surface area (Å²) in [4.78, 5) is 43.3. The summed E-state index contributed by atoms with van der Waals surface area (Å²) in [6.45, 7) is 4.44. The van der Waals surface area contributed by atoms with Crippen molar-refractivity contribution in [1.82, 2.24) is 29.1 Å². The van der Waals surface area contributed by atoms with Crippen LogP contribution in [0.3, 0.4) is 0 Å². The van der Waals surface area contributed by atoms with Crippen molar-refractivity contribution in [2.45, 2.75) is 92.2 Å². The van der Waals surface area contributed by atoms with Crippen LogP contribution in [0.5, 0.6) is 0 Å². The van der Waals surface area contributed by atoms with Crippen molar-refractivity contribution in [3.8, 4) is 12.1 Å². The highest BCUT2D eigenvalue weighted by Crippen LogP contribution is 2.34. The molecule has 0 atom stereocenters. The normalized spacial score (nSPS) is 18.7. The van der Waals surface area contributed by atoms with Gasteiger partial charge in [-0.25, -0.2) is 42.1 Å². The second kappa shape index (κ2) is 20.1. The van der Waals surface area contributed by atoms with Crippen LogP contribution in [0.15, 0.2) is 97.6 Å². The van der Waals surface area contributed by atoms with E-state index in [0.29, 0.717) is 45.0 Å². The van der Waals surface area contributed by atoms with Gasteiger partial charge in [-0.3, -0.25) is 18.7 Å². The Hall–Kier alpha value is -6.23.